The molecule has 1 rings (SSSR count). The van der Waals surface area contributed by atoms with Crippen molar-refractivity contribution < 1.29 is 19.4 Å². The highest BCUT2D eigenvalue weighted by Gasteiger charge is 2.30. The van der Waals surface area contributed by atoms with Crippen molar-refractivity contribution in [3.63, 3.8) is 0 Å². The molecule has 5 nitrogen and oxygen atoms in total. The fourth-order valence-electron chi connectivity index (χ4n) is 1.61. The van der Waals surface area contributed by atoms with Gasteiger partial charge in [0.2, 0.25) is 5.91 Å². The molecular formula is C10H15NO4. The van der Waals surface area contributed by atoms with E-state index in [4.69, 9.17) is 9.84 Å². The third-order valence-corrected chi connectivity index (χ3v) is 2.46. The minimum absolute atomic E-state index is 0.00808. The average molecular weight is 213 g/mol. The number of methoxy groups -OCH3 is 1. The minimum Gasteiger partial charge on any atom is -0.478 e. The maximum absolute atomic E-state index is 11.5. The van der Waals surface area contributed by atoms with E-state index in [2.05, 4.69) is 0 Å². The van der Waals surface area contributed by atoms with Gasteiger partial charge in [0.05, 0.1) is 12.0 Å². The first-order valence-electron chi connectivity index (χ1n) is 4.80. The Morgan fingerprint density at radius 3 is 2.73 bits per heavy atom. The Labute approximate surface area is 88.3 Å². The highest BCUT2D eigenvalue weighted by Crippen LogP contribution is 2.23. The van der Waals surface area contributed by atoms with Crippen molar-refractivity contribution in [2.75, 3.05) is 20.3 Å². The van der Waals surface area contributed by atoms with Crippen molar-refractivity contribution in [3.05, 3.63) is 11.3 Å². The summed E-state index contributed by atoms with van der Waals surface area (Å²) in [5.41, 5.74) is 0.765. The molecule has 0 bridgehead atoms. The van der Waals surface area contributed by atoms with Crippen LogP contribution in [0.3, 0.4) is 0 Å². The first-order valence-corrected chi connectivity index (χ1v) is 4.80. The van der Waals surface area contributed by atoms with Gasteiger partial charge in [-0.3, -0.25) is 4.79 Å². The molecule has 0 aromatic carbocycles. The van der Waals surface area contributed by atoms with Gasteiger partial charge in [-0.05, 0) is 13.3 Å². The van der Waals surface area contributed by atoms with E-state index in [-0.39, 0.29) is 17.9 Å². The maximum atomic E-state index is 11.5. The molecule has 0 unspecified atom stereocenters. The fraction of sp³-hybridized carbons (Fsp3) is 0.600. The third-order valence-electron chi connectivity index (χ3n) is 2.46. The lowest BCUT2D eigenvalue weighted by Crippen LogP contribution is -2.26. The number of nitrogens with zero attached hydrogens (tertiary/aromatic N) is 1. The van der Waals surface area contributed by atoms with E-state index in [0.717, 1.165) is 0 Å². The van der Waals surface area contributed by atoms with Crippen molar-refractivity contribution in [2.45, 2.75) is 19.8 Å². The highest BCUT2D eigenvalue weighted by atomic mass is 16.5. The number of carbonyl (C=O) groups is 2. The van der Waals surface area contributed by atoms with Gasteiger partial charge in [-0.25, -0.2) is 4.79 Å². The molecule has 84 valence electrons. The SMILES string of the molecule is COCCCN1C(=O)CC(C(=O)O)=C1C. The molecule has 1 amide bonds. The molecule has 1 aliphatic rings. The molecule has 0 saturated heterocycles. The van der Waals surface area contributed by atoms with E-state index in [1.54, 1.807) is 14.0 Å². The fourth-order valence-corrected chi connectivity index (χ4v) is 1.61. The van der Waals surface area contributed by atoms with Gasteiger partial charge in [-0.15, -0.1) is 0 Å². The van der Waals surface area contributed by atoms with Crippen molar-refractivity contribution >= 4 is 11.9 Å². The highest BCUT2D eigenvalue weighted by molar-refractivity contribution is 5.99. The number of hydrogen-bond acceptors (Lipinski definition) is 3. The molecule has 1 heterocycles. The average Bonchev–Trinajstić information content (AvgIpc) is 2.45. The third kappa shape index (κ3) is 2.56. The number of hydrogen-bond donors (Lipinski definition) is 1. The Hall–Kier alpha value is -1.36. The first-order chi connectivity index (χ1) is 7.07. The number of allylic oxidation sites excluding steroid dienone is 1. The molecule has 15 heavy (non-hydrogen) atoms. The molecule has 0 atom stereocenters. The van der Waals surface area contributed by atoms with Crippen LogP contribution in [0, 0.1) is 0 Å². The summed E-state index contributed by atoms with van der Waals surface area (Å²) in [6, 6.07) is 0. The number of carboxylic acid groups (broad SMARTS) is 1. The van der Waals surface area contributed by atoms with Crippen molar-refractivity contribution in [1.82, 2.24) is 4.90 Å². The van der Waals surface area contributed by atoms with Crippen LogP contribution in [0.4, 0.5) is 0 Å². The Morgan fingerprint density at radius 2 is 2.27 bits per heavy atom. The number of amides is 1. The summed E-state index contributed by atoms with van der Waals surface area (Å²) < 4.78 is 4.88. The van der Waals surface area contributed by atoms with Crippen molar-refractivity contribution in [1.29, 1.82) is 0 Å². The van der Waals surface area contributed by atoms with Gasteiger partial charge < -0.3 is 14.7 Å². The van der Waals surface area contributed by atoms with E-state index >= 15 is 0 Å². The molecule has 5 heteroatoms. The summed E-state index contributed by atoms with van der Waals surface area (Å²) in [5.74, 6) is -1.14. The van der Waals surface area contributed by atoms with Crippen LogP contribution in [-0.2, 0) is 14.3 Å². The molecule has 1 aliphatic heterocycles. The molecule has 0 fully saturated rings. The molecule has 1 N–H and O–H groups in total. The van der Waals surface area contributed by atoms with Gasteiger partial charge in [0.25, 0.3) is 0 Å². The standard InChI is InChI=1S/C10H15NO4/c1-7-8(10(13)14)6-9(12)11(7)4-3-5-15-2/h3-6H2,1-2H3,(H,13,14). The van der Waals surface area contributed by atoms with Crippen LogP contribution >= 0.6 is 0 Å². The van der Waals surface area contributed by atoms with Crippen LogP contribution in [0.25, 0.3) is 0 Å². The van der Waals surface area contributed by atoms with Gasteiger partial charge in [0.1, 0.15) is 0 Å². The molecule has 0 spiro atoms. The second kappa shape index (κ2) is 4.93. The lowest BCUT2D eigenvalue weighted by Gasteiger charge is -2.17. The molecule has 0 aliphatic carbocycles. The largest absolute Gasteiger partial charge is 0.478 e. The first kappa shape index (κ1) is 11.7. The molecule has 0 radical (unpaired) electrons. The predicted molar refractivity (Wildman–Crippen MR) is 53.2 cm³/mol. The van der Waals surface area contributed by atoms with Crippen molar-refractivity contribution in [2.24, 2.45) is 0 Å². The zero-order chi connectivity index (χ0) is 11.4. The van der Waals surface area contributed by atoms with Gasteiger partial charge >= 0.3 is 5.97 Å². The Morgan fingerprint density at radius 1 is 1.60 bits per heavy atom. The normalized spacial score (nSPS) is 16.4. The zero-order valence-electron chi connectivity index (χ0n) is 8.95. The molecule has 0 aromatic heterocycles. The van der Waals surface area contributed by atoms with Crippen molar-refractivity contribution in [3.8, 4) is 0 Å². The van der Waals surface area contributed by atoms with Gasteiger partial charge in [0.15, 0.2) is 0 Å². The summed E-state index contributed by atoms with van der Waals surface area (Å²) in [5, 5.41) is 8.83. The van der Waals surface area contributed by atoms with E-state index in [1.807, 2.05) is 0 Å². The van der Waals surface area contributed by atoms with Gasteiger partial charge in [0, 0.05) is 26.0 Å². The van der Waals surface area contributed by atoms with E-state index in [1.165, 1.54) is 4.90 Å². The molecule has 0 aromatic rings. The van der Waals surface area contributed by atoms with Crippen LogP contribution in [0.15, 0.2) is 11.3 Å². The second-order valence-electron chi connectivity index (χ2n) is 3.44. The predicted octanol–water partition coefficient (Wildman–Crippen LogP) is 0.614. The number of ether oxygens (including phenoxy) is 1. The van der Waals surface area contributed by atoms with E-state index in [9.17, 15) is 9.59 Å². The van der Waals surface area contributed by atoms with E-state index < -0.39 is 5.97 Å². The molecular weight excluding hydrogens is 198 g/mol. The zero-order valence-corrected chi connectivity index (χ0v) is 8.95. The summed E-state index contributed by atoms with van der Waals surface area (Å²) >= 11 is 0. The number of carboxylic acids is 1. The van der Waals surface area contributed by atoms with Gasteiger partial charge in [-0.1, -0.05) is 0 Å². The van der Waals surface area contributed by atoms with Crippen LogP contribution in [0.1, 0.15) is 19.8 Å². The number of aliphatic carboxylic acids is 1. The van der Waals surface area contributed by atoms with Gasteiger partial charge in [-0.2, -0.15) is 0 Å². The minimum atomic E-state index is -1.00. The molecule has 0 saturated carbocycles. The Kier molecular flexibility index (Phi) is 3.85. The monoisotopic (exact) mass is 213 g/mol. The Balaban J connectivity index is 2.64. The lowest BCUT2D eigenvalue weighted by molar-refractivity contribution is -0.134. The smallest absolute Gasteiger partial charge is 0.333 e. The second-order valence-corrected chi connectivity index (χ2v) is 3.44. The number of carbonyl (C=O) groups excluding carboxylic acids is 1. The van der Waals surface area contributed by atoms with Crippen LogP contribution in [0.5, 0.6) is 0 Å². The van der Waals surface area contributed by atoms with E-state index in [0.29, 0.717) is 25.3 Å². The van der Waals surface area contributed by atoms with Crippen LogP contribution in [0.2, 0.25) is 0 Å². The lowest BCUT2D eigenvalue weighted by atomic mass is 10.2. The summed E-state index contributed by atoms with van der Waals surface area (Å²) in [6.07, 6.45) is 0.723. The quantitative estimate of drug-likeness (QED) is 0.679. The summed E-state index contributed by atoms with van der Waals surface area (Å²) in [7, 11) is 1.59. The van der Waals surface area contributed by atoms with Crippen LogP contribution in [-0.4, -0.2) is 42.1 Å². The summed E-state index contributed by atoms with van der Waals surface area (Å²) in [4.78, 5) is 23.8. The van der Waals surface area contributed by atoms with Crippen LogP contribution < -0.4 is 0 Å². The summed E-state index contributed by atoms with van der Waals surface area (Å²) in [6.45, 7) is 2.76. The Bertz CT molecular complexity index is 309. The maximum Gasteiger partial charge on any atom is 0.333 e. The number of rotatable bonds is 5. The topological polar surface area (TPSA) is 66.8 Å².